The zero-order valence-corrected chi connectivity index (χ0v) is 24.9. The molecule has 2 aromatic carbocycles. The third kappa shape index (κ3) is 4.59. The van der Waals surface area contributed by atoms with E-state index in [2.05, 4.69) is 30.7 Å². The second-order valence-corrected chi connectivity index (χ2v) is 11.2. The van der Waals surface area contributed by atoms with E-state index < -0.39 is 11.6 Å². The van der Waals surface area contributed by atoms with E-state index in [0.717, 1.165) is 70.3 Å². The summed E-state index contributed by atoms with van der Waals surface area (Å²) < 4.78 is 33.1. The topological polar surface area (TPSA) is 31.9 Å². The highest BCUT2D eigenvalue weighted by Gasteiger charge is 2.35. The lowest BCUT2D eigenvalue weighted by Gasteiger charge is -2.33. The Hall–Kier alpha value is -2.60. The van der Waals surface area contributed by atoms with Crippen LogP contribution in [0, 0.1) is 23.3 Å². The fourth-order valence-electron chi connectivity index (χ4n) is 6.47. The van der Waals surface area contributed by atoms with Gasteiger partial charge < -0.3 is 9.88 Å². The van der Waals surface area contributed by atoms with Crippen LogP contribution in [0.5, 0.6) is 0 Å². The highest BCUT2D eigenvalue weighted by molar-refractivity contribution is 7.71. The van der Waals surface area contributed by atoms with Crippen molar-refractivity contribution >= 4 is 34.5 Å². The van der Waals surface area contributed by atoms with Crippen LogP contribution in [-0.4, -0.2) is 22.1 Å². The van der Waals surface area contributed by atoms with Crippen LogP contribution in [0.25, 0.3) is 27.6 Å². The molecule has 2 heterocycles. The van der Waals surface area contributed by atoms with E-state index in [0.29, 0.717) is 41.6 Å². The van der Waals surface area contributed by atoms with Gasteiger partial charge in [-0.1, -0.05) is 39.3 Å². The van der Waals surface area contributed by atoms with E-state index in [1.54, 1.807) is 6.07 Å². The van der Waals surface area contributed by atoms with Crippen molar-refractivity contribution in [1.82, 2.24) is 9.97 Å². The van der Waals surface area contributed by atoms with Crippen molar-refractivity contribution in [2.24, 2.45) is 0 Å². The molecule has 1 aromatic heterocycles. The molecule has 38 heavy (non-hydrogen) atoms. The maximum absolute atomic E-state index is 17.0. The normalized spacial score (nSPS) is 17.5. The number of hydrogen-bond acceptors (Lipinski definition) is 3. The molecule has 6 heteroatoms. The highest BCUT2D eigenvalue weighted by Crippen LogP contribution is 2.45. The van der Waals surface area contributed by atoms with Gasteiger partial charge in [0, 0.05) is 28.6 Å². The van der Waals surface area contributed by atoms with Gasteiger partial charge in [-0.15, -0.1) is 0 Å². The van der Waals surface area contributed by atoms with E-state index in [1.165, 1.54) is 6.07 Å². The highest BCUT2D eigenvalue weighted by atomic mass is 32.1. The number of H-pyrrole nitrogens is 1. The van der Waals surface area contributed by atoms with Gasteiger partial charge >= 0.3 is 0 Å². The molecule has 4 rings (SSSR count). The Morgan fingerprint density at radius 2 is 1.58 bits per heavy atom. The molecule has 2 atom stereocenters. The summed E-state index contributed by atoms with van der Waals surface area (Å²) in [6, 6.07) is 3.92. The number of hydrogen-bond donors (Lipinski definition) is 1. The summed E-state index contributed by atoms with van der Waals surface area (Å²) >= 11 is 5.58. The quantitative estimate of drug-likeness (QED) is 0.305. The van der Waals surface area contributed by atoms with Crippen molar-refractivity contribution in [2.45, 2.75) is 106 Å². The summed E-state index contributed by atoms with van der Waals surface area (Å²) in [5, 5.41) is 0.798. The van der Waals surface area contributed by atoms with Gasteiger partial charge in [-0.25, -0.2) is 13.8 Å². The van der Waals surface area contributed by atoms with Crippen molar-refractivity contribution in [1.29, 1.82) is 0 Å². The molecule has 0 bridgehead atoms. The number of aromatic nitrogens is 2. The maximum Gasteiger partial charge on any atom is 0.199 e. The summed E-state index contributed by atoms with van der Waals surface area (Å²) in [4.78, 5) is 10.3. The number of nitrogens with zero attached hydrogens (tertiary/aromatic N) is 2. The van der Waals surface area contributed by atoms with Gasteiger partial charge in [0.2, 0.25) is 0 Å². The molecular weight excluding hydrogens is 496 g/mol. The molecular formula is C32H41F2N3S. The van der Waals surface area contributed by atoms with E-state index in [4.69, 9.17) is 17.2 Å². The lowest BCUT2D eigenvalue weighted by Crippen LogP contribution is -2.36. The Labute approximate surface area is 231 Å². The van der Waals surface area contributed by atoms with Crippen molar-refractivity contribution in [3.8, 4) is 11.1 Å². The van der Waals surface area contributed by atoms with Gasteiger partial charge in [-0.05, 0) is 112 Å². The average molecular weight is 538 g/mol. The molecule has 3 nitrogen and oxygen atoms in total. The molecule has 0 amide bonds. The number of anilines is 1. The molecule has 3 aromatic rings. The molecule has 0 aliphatic carbocycles. The second kappa shape index (κ2) is 11.3. The van der Waals surface area contributed by atoms with E-state index in [1.807, 2.05) is 34.6 Å². The molecule has 1 N–H and O–H groups in total. The number of allylic oxidation sites excluding steroid dienone is 2. The first-order valence-corrected chi connectivity index (χ1v) is 14.5. The van der Waals surface area contributed by atoms with Crippen LogP contribution < -0.4 is 4.90 Å². The second-order valence-electron chi connectivity index (χ2n) is 10.8. The third-order valence-corrected chi connectivity index (χ3v) is 8.77. The average Bonchev–Trinajstić information content (AvgIpc) is 3.32. The molecule has 1 fully saturated rings. The fraction of sp³-hybridized carbons (Fsp3) is 0.500. The Kier molecular flexibility index (Phi) is 8.41. The van der Waals surface area contributed by atoms with E-state index in [-0.39, 0.29) is 4.77 Å². The van der Waals surface area contributed by atoms with E-state index >= 15 is 8.78 Å². The van der Waals surface area contributed by atoms with Crippen LogP contribution in [0.4, 0.5) is 14.6 Å². The molecule has 1 aliphatic heterocycles. The van der Waals surface area contributed by atoms with Crippen LogP contribution in [0.2, 0.25) is 0 Å². The predicted octanol–water partition coefficient (Wildman–Crippen LogP) is 9.64. The number of fused-ring (bicyclic) bond motifs is 1. The van der Waals surface area contributed by atoms with Crippen molar-refractivity contribution in [3.05, 3.63) is 56.4 Å². The molecule has 0 spiro atoms. The minimum Gasteiger partial charge on any atom is -0.350 e. The number of halogens is 2. The standard InChI is InChI=1S/C32H41F2N3S/c1-9-20-14-15-21(10-2)37(20)31-27-23(12-4)22(11-3)26(29(34)30(27)35-32(38)36-31)28-24(33)16-13-18(7)25(28)19(8)17(5)6/h13,16,20-21H,9-12,14-15H2,1-8H3,(H,35,36,38). The Balaban J connectivity index is 2.21. The molecule has 1 saturated heterocycles. The Morgan fingerprint density at radius 3 is 2.11 bits per heavy atom. The van der Waals surface area contributed by atoms with Gasteiger partial charge in [0.15, 0.2) is 10.6 Å². The molecule has 2 unspecified atom stereocenters. The first-order chi connectivity index (χ1) is 18.1. The lowest BCUT2D eigenvalue weighted by molar-refractivity contribution is 0.592. The number of benzene rings is 2. The van der Waals surface area contributed by atoms with Crippen molar-refractivity contribution in [3.63, 3.8) is 0 Å². The predicted molar refractivity (Wildman–Crippen MR) is 160 cm³/mol. The van der Waals surface area contributed by atoms with Crippen LogP contribution in [-0.2, 0) is 12.8 Å². The first-order valence-electron chi connectivity index (χ1n) is 14.1. The van der Waals surface area contributed by atoms with Crippen molar-refractivity contribution in [2.75, 3.05) is 4.90 Å². The van der Waals surface area contributed by atoms with Gasteiger partial charge in [-0.2, -0.15) is 0 Å². The van der Waals surface area contributed by atoms with Gasteiger partial charge in [0.25, 0.3) is 0 Å². The van der Waals surface area contributed by atoms with Crippen LogP contribution in [0.15, 0.2) is 17.7 Å². The smallest absolute Gasteiger partial charge is 0.199 e. The summed E-state index contributed by atoms with van der Waals surface area (Å²) in [7, 11) is 0. The zero-order valence-electron chi connectivity index (χ0n) is 24.1. The van der Waals surface area contributed by atoms with Crippen LogP contribution in [0.1, 0.15) is 96.4 Å². The summed E-state index contributed by atoms with van der Waals surface area (Å²) in [5.74, 6) is -0.0792. The summed E-state index contributed by atoms with van der Waals surface area (Å²) in [5.41, 5.74) is 6.62. The minimum atomic E-state index is -0.448. The summed E-state index contributed by atoms with van der Waals surface area (Å²) in [6.45, 7) is 16.5. The first kappa shape index (κ1) is 28.4. The summed E-state index contributed by atoms with van der Waals surface area (Å²) in [6.07, 6.45) is 5.42. The monoisotopic (exact) mass is 537 g/mol. The Morgan fingerprint density at radius 1 is 0.974 bits per heavy atom. The number of rotatable bonds is 7. The van der Waals surface area contributed by atoms with Crippen molar-refractivity contribution < 1.29 is 8.78 Å². The van der Waals surface area contributed by atoms with Gasteiger partial charge in [0.1, 0.15) is 11.6 Å². The largest absolute Gasteiger partial charge is 0.350 e. The maximum atomic E-state index is 17.0. The molecule has 1 aliphatic rings. The SMILES string of the molecule is CCc1c(-c2c(F)ccc(C)c2C(C)=C(C)C)c(F)c2[nH]c(=S)nc(N3C(CC)CCC3CC)c2c1CC. The lowest BCUT2D eigenvalue weighted by atomic mass is 9.83. The van der Waals surface area contributed by atoms with Gasteiger partial charge in [-0.3, -0.25) is 0 Å². The zero-order chi connectivity index (χ0) is 27.9. The molecule has 204 valence electrons. The van der Waals surface area contributed by atoms with Gasteiger partial charge in [0.05, 0.1) is 5.52 Å². The third-order valence-electron chi connectivity index (χ3n) is 8.57. The van der Waals surface area contributed by atoms with Crippen LogP contribution in [0.3, 0.4) is 0 Å². The minimum absolute atomic E-state index is 0.255. The molecule has 0 saturated carbocycles. The molecule has 0 radical (unpaired) electrons. The number of aromatic amines is 1. The van der Waals surface area contributed by atoms with E-state index in [9.17, 15) is 0 Å². The number of aryl methyl sites for hydroxylation is 2. The fourth-order valence-corrected chi connectivity index (χ4v) is 6.66. The number of nitrogens with one attached hydrogen (secondary N) is 1. The van der Waals surface area contributed by atoms with Crippen LogP contribution >= 0.6 is 12.2 Å². The Bertz CT molecular complexity index is 1450.